The Bertz CT molecular complexity index is 889. The van der Waals surface area contributed by atoms with Crippen LogP contribution in [0.15, 0.2) is 48.0 Å². The largest absolute Gasteiger partial charge is 0.357 e. The number of hydrogen-bond donors (Lipinski definition) is 2. The zero-order valence-corrected chi connectivity index (χ0v) is 18.6. The van der Waals surface area contributed by atoms with Gasteiger partial charge in [-0.2, -0.15) is 0 Å². The molecule has 31 heavy (non-hydrogen) atoms. The Kier molecular flexibility index (Phi) is 6.89. The smallest absolute Gasteiger partial charge is 0.227 e. The molecule has 0 spiro atoms. The number of carbonyl (C=O) groups is 1. The molecule has 166 valence electrons. The number of hydrogen-bond acceptors (Lipinski definition) is 3. The highest BCUT2D eigenvalue weighted by molar-refractivity contribution is 5.93. The lowest BCUT2D eigenvalue weighted by Gasteiger charge is -2.39. The van der Waals surface area contributed by atoms with E-state index in [-0.39, 0.29) is 11.8 Å². The summed E-state index contributed by atoms with van der Waals surface area (Å²) >= 11 is 0. The Hall–Kier alpha value is -2.83. The fourth-order valence-corrected chi connectivity index (χ4v) is 4.35. The van der Waals surface area contributed by atoms with Gasteiger partial charge in [-0.05, 0) is 49.8 Å². The first-order chi connectivity index (χ1) is 15.1. The Balaban J connectivity index is 1.43. The molecule has 7 nitrogen and oxygen atoms in total. The van der Waals surface area contributed by atoms with Crippen molar-refractivity contribution in [3.8, 4) is 0 Å². The van der Waals surface area contributed by atoms with Crippen molar-refractivity contribution in [2.24, 2.45) is 16.8 Å². The van der Waals surface area contributed by atoms with Crippen LogP contribution in [-0.2, 0) is 11.3 Å². The average molecular weight is 423 g/mol. The van der Waals surface area contributed by atoms with E-state index in [1.807, 2.05) is 30.7 Å². The minimum absolute atomic E-state index is 0.147. The van der Waals surface area contributed by atoms with Crippen LogP contribution in [-0.4, -0.2) is 46.0 Å². The van der Waals surface area contributed by atoms with Crippen LogP contribution < -0.4 is 10.6 Å². The Labute approximate surface area is 185 Å². The normalized spacial score (nSPS) is 22.1. The number of piperidine rings is 1. The highest BCUT2D eigenvalue weighted by atomic mass is 16.1. The van der Waals surface area contributed by atoms with E-state index in [1.54, 1.807) is 0 Å². The van der Waals surface area contributed by atoms with Gasteiger partial charge in [0.05, 0.1) is 18.9 Å². The number of benzene rings is 1. The summed E-state index contributed by atoms with van der Waals surface area (Å²) in [5.74, 6) is 1.88. The fraction of sp³-hybridized carbons (Fsp3) is 0.542. The van der Waals surface area contributed by atoms with E-state index in [0.717, 1.165) is 62.5 Å². The monoisotopic (exact) mass is 422 g/mol. The maximum atomic E-state index is 12.3. The Morgan fingerprint density at radius 3 is 2.87 bits per heavy atom. The molecule has 1 aliphatic carbocycles. The van der Waals surface area contributed by atoms with Gasteiger partial charge in [-0.15, -0.1) is 0 Å². The predicted octanol–water partition coefficient (Wildman–Crippen LogP) is 3.67. The number of imidazole rings is 1. The van der Waals surface area contributed by atoms with E-state index < -0.39 is 0 Å². The number of amides is 1. The van der Waals surface area contributed by atoms with Gasteiger partial charge >= 0.3 is 0 Å². The number of nitrogens with zero attached hydrogens (tertiary/aromatic N) is 4. The number of guanidine groups is 1. The van der Waals surface area contributed by atoms with Crippen molar-refractivity contribution in [1.29, 1.82) is 0 Å². The van der Waals surface area contributed by atoms with E-state index in [2.05, 4.69) is 51.2 Å². The maximum absolute atomic E-state index is 12.3. The average Bonchev–Trinajstić information content (AvgIpc) is 3.25. The van der Waals surface area contributed by atoms with Crippen molar-refractivity contribution in [1.82, 2.24) is 19.8 Å². The number of carbonyl (C=O) groups excluding carboxylic acids is 1. The number of aliphatic imine (C=N–C) groups is 1. The molecule has 1 saturated carbocycles. The van der Waals surface area contributed by atoms with E-state index in [4.69, 9.17) is 4.99 Å². The summed E-state index contributed by atoms with van der Waals surface area (Å²) in [6.45, 7) is 7.74. The van der Waals surface area contributed by atoms with Crippen LogP contribution >= 0.6 is 0 Å². The van der Waals surface area contributed by atoms with Gasteiger partial charge < -0.3 is 20.1 Å². The molecule has 2 N–H and O–H groups in total. The first-order valence-corrected chi connectivity index (χ1v) is 11.5. The minimum Gasteiger partial charge on any atom is -0.357 e. The van der Waals surface area contributed by atoms with Gasteiger partial charge in [0, 0.05) is 43.6 Å². The van der Waals surface area contributed by atoms with Gasteiger partial charge in [0.2, 0.25) is 5.91 Å². The van der Waals surface area contributed by atoms with Crippen molar-refractivity contribution >= 4 is 17.6 Å². The van der Waals surface area contributed by atoms with Crippen LogP contribution in [0.25, 0.3) is 0 Å². The van der Waals surface area contributed by atoms with Gasteiger partial charge in [0.15, 0.2) is 5.96 Å². The second kappa shape index (κ2) is 9.98. The third-order valence-electron chi connectivity index (χ3n) is 6.54. The zero-order chi connectivity index (χ0) is 21.6. The molecule has 1 saturated heterocycles. The number of anilines is 1. The third-order valence-corrected chi connectivity index (χ3v) is 6.54. The summed E-state index contributed by atoms with van der Waals surface area (Å²) in [6, 6.07) is 8.45. The molecule has 2 heterocycles. The van der Waals surface area contributed by atoms with Gasteiger partial charge in [-0.1, -0.05) is 25.5 Å². The number of aromatic nitrogens is 2. The van der Waals surface area contributed by atoms with Crippen molar-refractivity contribution < 1.29 is 4.79 Å². The topological polar surface area (TPSA) is 74.6 Å². The lowest BCUT2D eigenvalue weighted by Crippen LogP contribution is -2.49. The molecule has 1 aliphatic heterocycles. The van der Waals surface area contributed by atoms with Crippen LogP contribution in [0.3, 0.4) is 0 Å². The minimum atomic E-state index is 0.147. The molecule has 7 heteroatoms. The van der Waals surface area contributed by atoms with Crippen molar-refractivity contribution in [2.75, 3.05) is 25.0 Å². The first-order valence-electron chi connectivity index (χ1n) is 11.5. The lowest BCUT2D eigenvalue weighted by atomic mass is 9.85. The predicted molar refractivity (Wildman–Crippen MR) is 124 cm³/mol. The molecule has 1 aromatic heterocycles. The lowest BCUT2D eigenvalue weighted by molar-refractivity contribution is -0.122. The summed E-state index contributed by atoms with van der Waals surface area (Å²) in [5, 5.41) is 6.53. The Morgan fingerprint density at radius 2 is 2.16 bits per heavy atom. The fourth-order valence-electron chi connectivity index (χ4n) is 4.35. The quantitative estimate of drug-likeness (QED) is 0.550. The van der Waals surface area contributed by atoms with E-state index in [1.165, 1.54) is 0 Å². The number of nitrogens with one attached hydrogen (secondary N) is 2. The van der Waals surface area contributed by atoms with Gasteiger partial charge in [0.25, 0.3) is 0 Å². The van der Waals surface area contributed by atoms with Gasteiger partial charge in [-0.3, -0.25) is 4.79 Å². The summed E-state index contributed by atoms with van der Waals surface area (Å²) in [4.78, 5) is 23.8. The molecule has 2 fully saturated rings. The van der Waals surface area contributed by atoms with Crippen LogP contribution in [0.2, 0.25) is 0 Å². The van der Waals surface area contributed by atoms with Crippen molar-refractivity contribution in [3.05, 3.63) is 48.5 Å². The molecule has 1 aromatic carbocycles. The molecule has 2 aromatic rings. The van der Waals surface area contributed by atoms with E-state index in [0.29, 0.717) is 18.5 Å². The summed E-state index contributed by atoms with van der Waals surface area (Å²) in [5.41, 5.74) is 1.96. The third kappa shape index (κ3) is 5.27. The molecule has 1 amide bonds. The van der Waals surface area contributed by atoms with Crippen LogP contribution in [0.1, 0.15) is 51.1 Å². The van der Waals surface area contributed by atoms with Gasteiger partial charge in [-0.25, -0.2) is 9.98 Å². The van der Waals surface area contributed by atoms with Crippen LogP contribution in [0.4, 0.5) is 5.69 Å². The standard InChI is InChI=1S/C24H34N6O/c1-3-26-24(29-12-10-18(2)22(16-29)30-13-11-25-17-30)27-15-19-6-4-9-21(14-19)28-23(31)20-7-5-8-20/h4,6,9,11,13-14,17-18,20,22H,3,5,7-8,10,12,15-16H2,1-2H3,(H,26,27)(H,28,31). The highest BCUT2D eigenvalue weighted by Crippen LogP contribution is 2.28. The zero-order valence-electron chi connectivity index (χ0n) is 18.6. The second-order valence-corrected chi connectivity index (χ2v) is 8.78. The second-order valence-electron chi connectivity index (χ2n) is 8.78. The SMILES string of the molecule is CCNC(=NCc1cccc(NC(=O)C2CCC2)c1)N1CCC(C)C(n2ccnc2)C1. The molecule has 0 radical (unpaired) electrons. The molecule has 4 rings (SSSR count). The summed E-state index contributed by atoms with van der Waals surface area (Å²) < 4.78 is 2.22. The molecule has 2 aliphatic rings. The Morgan fingerprint density at radius 1 is 1.29 bits per heavy atom. The highest BCUT2D eigenvalue weighted by Gasteiger charge is 2.29. The van der Waals surface area contributed by atoms with Crippen LogP contribution in [0.5, 0.6) is 0 Å². The van der Waals surface area contributed by atoms with Gasteiger partial charge in [0.1, 0.15) is 0 Å². The molecule has 2 unspecified atom stereocenters. The van der Waals surface area contributed by atoms with Crippen molar-refractivity contribution in [3.63, 3.8) is 0 Å². The molecule has 0 bridgehead atoms. The summed E-state index contributed by atoms with van der Waals surface area (Å²) in [6.07, 6.45) is 10.1. The molecular weight excluding hydrogens is 388 g/mol. The molecular formula is C24H34N6O. The van der Waals surface area contributed by atoms with E-state index >= 15 is 0 Å². The number of likely N-dealkylation sites (tertiary alicyclic amines) is 1. The number of rotatable bonds is 6. The first kappa shape index (κ1) is 21.4. The van der Waals surface area contributed by atoms with E-state index in [9.17, 15) is 4.79 Å². The van der Waals surface area contributed by atoms with Crippen LogP contribution in [0, 0.1) is 11.8 Å². The maximum Gasteiger partial charge on any atom is 0.227 e. The van der Waals surface area contributed by atoms with Crippen molar-refractivity contribution in [2.45, 2.75) is 52.1 Å². The molecule has 2 atom stereocenters. The summed E-state index contributed by atoms with van der Waals surface area (Å²) in [7, 11) is 0.